The number of ketones is 1. The summed E-state index contributed by atoms with van der Waals surface area (Å²) in [6.07, 6.45) is 0.749. The summed E-state index contributed by atoms with van der Waals surface area (Å²) in [6.45, 7) is 8.97. The molecule has 1 aromatic carbocycles. The Morgan fingerprint density at radius 1 is 1.24 bits per heavy atom. The predicted octanol–water partition coefficient (Wildman–Crippen LogP) is 2.90. The van der Waals surface area contributed by atoms with Crippen LogP contribution >= 0.6 is 0 Å². The predicted molar refractivity (Wildman–Crippen MR) is 80.2 cm³/mol. The van der Waals surface area contributed by atoms with Crippen LogP contribution in [0.1, 0.15) is 53.0 Å². The van der Waals surface area contributed by atoms with Crippen LogP contribution in [0, 0.1) is 6.92 Å². The first kappa shape index (κ1) is 15.2. The van der Waals surface area contributed by atoms with Gasteiger partial charge in [-0.3, -0.25) is 14.5 Å². The van der Waals surface area contributed by atoms with Crippen molar-refractivity contribution in [2.24, 2.45) is 0 Å². The smallest absolute Gasteiger partial charge is 0.262 e. The van der Waals surface area contributed by atoms with E-state index in [4.69, 9.17) is 0 Å². The normalized spacial score (nSPS) is 15.1. The molecule has 2 rings (SSSR count). The summed E-state index contributed by atoms with van der Waals surface area (Å²) in [5.74, 6) is -0.547. The number of imide groups is 1. The molecule has 2 amide bonds. The molecule has 0 aliphatic carbocycles. The second-order valence-electron chi connectivity index (χ2n) is 5.58. The molecule has 110 valence electrons. The zero-order valence-corrected chi connectivity index (χ0v) is 12.6. The van der Waals surface area contributed by atoms with E-state index in [1.807, 2.05) is 13.0 Å². The van der Waals surface area contributed by atoms with Crippen LogP contribution < -0.4 is 0 Å². The third-order valence-corrected chi connectivity index (χ3v) is 3.81. The van der Waals surface area contributed by atoms with Crippen molar-refractivity contribution in [1.82, 2.24) is 4.90 Å². The number of aryl methyl sites for hydroxylation is 1. The van der Waals surface area contributed by atoms with Crippen molar-refractivity contribution in [2.45, 2.75) is 39.7 Å². The first-order chi connectivity index (χ1) is 9.84. The lowest BCUT2D eigenvalue weighted by Crippen LogP contribution is -2.40. The lowest BCUT2D eigenvalue weighted by Gasteiger charge is -2.26. The molecule has 1 heterocycles. The van der Waals surface area contributed by atoms with Gasteiger partial charge in [0.25, 0.3) is 11.8 Å². The highest BCUT2D eigenvalue weighted by Crippen LogP contribution is 2.30. The number of nitrogens with zero attached hydrogens (tertiary/aromatic N) is 1. The SMILES string of the molecule is C=C(C)C(CCC(C)=O)N1C(=O)c2cccc(C)c2C1=O. The molecule has 21 heavy (non-hydrogen) atoms. The second kappa shape index (κ2) is 5.64. The summed E-state index contributed by atoms with van der Waals surface area (Å²) in [4.78, 5) is 37.6. The van der Waals surface area contributed by atoms with Gasteiger partial charge in [0.2, 0.25) is 0 Å². The highest BCUT2D eigenvalue weighted by Gasteiger charge is 2.40. The topological polar surface area (TPSA) is 54.5 Å². The second-order valence-corrected chi connectivity index (χ2v) is 5.58. The minimum Gasteiger partial charge on any atom is -0.300 e. The fourth-order valence-electron chi connectivity index (χ4n) is 2.69. The van der Waals surface area contributed by atoms with Gasteiger partial charge in [0.1, 0.15) is 5.78 Å². The third-order valence-electron chi connectivity index (χ3n) is 3.81. The molecule has 0 radical (unpaired) electrons. The van der Waals surface area contributed by atoms with Gasteiger partial charge in [-0.2, -0.15) is 0 Å². The molecule has 0 saturated carbocycles. The summed E-state index contributed by atoms with van der Waals surface area (Å²) in [7, 11) is 0. The van der Waals surface area contributed by atoms with Gasteiger partial charge in [-0.15, -0.1) is 0 Å². The molecule has 0 bridgehead atoms. The molecular formula is C17H19NO3. The number of rotatable bonds is 5. The molecule has 0 aromatic heterocycles. The number of benzene rings is 1. The molecule has 0 fully saturated rings. The fourth-order valence-corrected chi connectivity index (χ4v) is 2.69. The van der Waals surface area contributed by atoms with E-state index >= 15 is 0 Å². The molecule has 1 atom stereocenters. The van der Waals surface area contributed by atoms with E-state index in [1.54, 1.807) is 19.1 Å². The van der Waals surface area contributed by atoms with E-state index in [0.29, 0.717) is 29.5 Å². The van der Waals surface area contributed by atoms with Crippen LogP contribution in [-0.4, -0.2) is 28.5 Å². The molecule has 1 aromatic rings. The van der Waals surface area contributed by atoms with Crippen molar-refractivity contribution in [3.63, 3.8) is 0 Å². The van der Waals surface area contributed by atoms with Gasteiger partial charge in [0.05, 0.1) is 17.2 Å². The van der Waals surface area contributed by atoms with Gasteiger partial charge >= 0.3 is 0 Å². The van der Waals surface area contributed by atoms with Crippen molar-refractivity contribution in [3.8, 4) is 0 Å². The van der Waals surface area contributed by atoms with Crippen LogP contribution in [0.25, 0.3) is 0 Å². The number of carbonyl (C=O) groups excluding carboxylic acids is 3. The van der Waals surface area contributed by atoms with E-state index < -0.39 is 6.04 Å². The van der Waals surface area contributed by atoms with E-state index in [0.717, 1.165) is 5.56 Å². The van der Waals surface area contributed by atoms with Crippen molar-refractivity contribution >= 4 is 17.6 Å². The average molecular weight is 285 g/mol. The Morgan fingerprint density at radius 3 is 2.43 bits per heavy atom. The zero-order valence-electron chi connectivity index (χ0n) is 12.6. The minimum absolute atomic E-state index is 0.0361. The molecule has 4 heteroatoms. The molecular weight excluding hydrogens is 266 g/mol. The Bertz CT molecular complexity index is 645. The summed E-state index contributed by atoms with van der Waals surface area (Å²) in [5, 5.41) is 0. The number of hydrogen-bond donors (Lipinski definition) is 0. The maximum absolute atomic E-state index is 12.6. The standard InChI is InChI=1S/C17H19NO3/c1-10(2)14(9-8-12(4)19)18-16(20)13-7-5-6-11(3)15(13)17(18)21/h5-7,14H,1,8-9H2,2-4H3. The number of fused-ring (bicyclic) bond motifs is 1. The number of Topliss-reactive ketones (excluding diaryl/α,β-unsaturated/α-hetero) is 1. The van der Waals surface area contributed by atoms with Crippen LogP contribution in [0.15, 0.2) is 30.4 Å². The first-order valence-electron chi connectivity index (χ1n) is 6.97. The molecule has 1 aliphatic heterocycles. The Kier molecular flexibility index (Phi) is 4.07. The van der Waals surface area contributed by atoms with Crippen molar-refractivity contribution in [1.29, 1.82) is 0 Å². The van der Waals surface area contributed by atoms with Gasteiger partial charge in [-0.1, -0.05) is 24.3 Å². The summed E-state index contributed by atoms with van der Waals surface area (Å²) < 4.78 is 0. The fraction of sp³-hybridized carbons (Fsp3) is 0.353. The van der Waals surface area contributed by atoms with E-state index in [1.165, 1.54) is 11.8 Å². The monoisotopic (exact) mass is 285 g/mol. The largest absolute Gasteiger partial charge is 0.300 e. The lowest BCUT2D eigenvalue weighted by molar-refractivity contribution is -0.117. The quantitative estimate of drug-likeness (QED) is 0.617. The molecule has 0 saturated heterocycles. The molecule has 0 spiro atoms. The van der Waals surface area contributed by atoms with E-state index in [2.05, 4.69) is 6.58 Å². The highest BCUT2D eigenvalue weighted by atomic mass is 16.2. The maximum Gasteiger partial charge on any atom is 0.262 e. The van der Waals surface area contributed by atoms with E-state index in [-0.39, 0.29) is 17.6 Å². The number of carbonyl (C=O) groups is 3. The zero-order chi connectivity index (χ0) is 15.7. The highest BCUT2D eigenvalue weighted by molar-refractivity contribution is 6.22. The number of amides is 2. The Balaban J connectivity index is 2.38. The van der Waals surface area contributed by atoms with Gasteiger partial charge in [0.15, 0.2) is 0 Å². The minimum atomic E-state index is -0.430. The van der Waals surface area contributed by atoms with E-state index in [9.17, 15) is 14.4 Å². The van der Waals surface area contributed by atoms with Gasteiger partial charge in [0, 0.05) is 6.42 Å². The van der Waals surface area contributed by atoms with Crippen LogP contribution in [0.4, 0.5) is 0 Å². The first-order valence-corrected chi connectivity index (χ1v) is 6.97. The molecule has 1 unspecified atom stereocenters. The average Bonchev–Trinajstić information content (AvgIpc) is 2.64. The molecule has 4 nitrogen and oxygen atoms in total. The Morgan fingerprint density at radius 2 is 1.90 bits per heavy atom. The number of hydrogen-bond acceptors (Lipinski definition) is 3. The Labute approximate surface area is 124 Å². The van der Waals surface area contributed by atoms with Crippen molar-refractivity contribution in [3.05, 3.63) is 47.0 Å². The molecule has 0 N–H and O–H groups in total. The lowest BCUT2D eigenvalue weighted by atomic mass is 10.0. The van der Waals surface area contributed by atoms with Crippen LogP contribution in [0.3, 0.4) is 0 Å². The maximum atomic E-state index is 12.6. The summed E-state index contributed by atoms with van der Waals surface area (Å²) in [6, 6.07) is 4.83. The molecule has 1 aliphatic rings. The van der Waals surface area contributed by atoms with Crippen LogP contribution in [-0.2, 0) is 4.79 Å². The Hall–Kier alpha value is -2.23. The van der Waals surface area contributed by atoms with Gasteiger partial charge in [-0.05, 0) is 38.8 Å². The summed E-state index contributed by atoms with van der Waals surface area (Å²) >= 11 is 0. The van der Waals surface area contributed by atoms with Crippen molar-refractivity contribution < 1.29 is 14.4 Å². The van der Waals surface area contributed by atoms with Crippen LogP contribution in [0.2, 0.25) is 0 Å². The van der Waals surface area contributed by atoms with Crippen LogP contribution in [0.5, 0.6) is 0 Å². The van der Waals surface area contributed by atoms with Gasteiger partial charge in [-0.25, -0.2) is 0 Å². The van der Waals surface area contributed by atoms with Crippen molar-refractivity contribution in [2.75, 3.05) is 0 Å². The summed E-state index contributed by atoms with van der Waals surface area (Å²) in [5.41, 5.74) is 2.41. The third kappa shape index (κ3) is 2.66. The van der Waals surface area contributed by atoms with Gasteiger partial charge < -0.3 is 4.79 Å².